The van der Waals surface area contributed by atoms with Crippen molar-refractivity contribution in [3.8, 4) is 0 Å². The number of anilines is 1. The molecular weight excluding hydrogens is 295 g/mol. The van der Waals surface area contributed by atoms with E-state index in [1.807, 2.05) is 23.9 Å². The topological polar surface area (TPSA) is 52.0 Å². The fourth-order valence-electron chi connectivity index (χ4n) is 3.12. The van der Waals surface area contributed by atoms with Crippen LogP contribution in [0.25, 0.3) is 10.8 Å². The Kier molecular flexibility index (Phi) is 3.46. The Morgan fingerprint density at radius 3 is 3.00 bits per heavy atom. The van der Waals surface area contributed by atoms with E-state index in [4.69, 9.17) is 4.74 Å². The van der Waals surface area contributed by atoms with Crippen LogP contribution in [0.1, 0.15) is 18.2 Å². The summed E-state index contributed by atoms with van der Waals surface area (Å²) in [5.41, 5.74) is 1.02. The number of hydrogen-bond acceptors (Lipinski definition) is 4. The molecule has 1 aliphatic heterocycles. The van der Waals surface area contributed by atoms with Gasteiger partial charge in [0.1, 0.15) is 17.7 Å². The molecule has 0 bridgehead atoms. The molecule has 5 nitrogen and oxygen atoms in total. The summed E-state index contributed by atoms with van der Waals surface area (Å²) in [4.78, 5) is 4.39. The summed E-state index contributed by atoms with van der Waals surface area (Å²) >= 11 is 0. The number of benzene rings is 1. The van der Waals surface area contributed by atoms with Crippen molar-refractivity contribution in [2.75, 3.05) is 11.9 Å². The van der Waals surface area contributed by atoms with E-state index in [0.29, 0.717) is 12.4 Å². The van der Waals surface area contributed by atoms with Crippen LogP contribution in [-0.4, -0.2) is 27.4 Å². The second-order valence-corrected chi connectivity index (χ2v) is 5.74. The lowest BCUT2D eigenvalue weighted by Crippen LogP contribution is -2.25. The van der Waals surface area contributed by atoms with Crippen LogP contribution >= 0.6 is 0 Å². The number of rotatable bonds is 3. The number of nitrogens with one attached hydrogen (secondary N) is 1. The summed E-state index contributed by atoms with van der Waals surface area (Å²) in [6, 6.07) is 8.65. The lowest BCUT2D eigenvalue weighted by Gasteiger charge is -2.21. The normalized spacial score (nSPS) is 21.0. The van der Waals surface area contributed by atoms with E-state index >= 15 is 0 Å². The Morgan fingerprint density at radius 1 is 1.26 bits per heavy atom. The van der Waals surface area contributed by atoms with Gasteiger partial charge in [-0.25, -0.2) is 9.37 Å². The maximum Gasteiger partial charge on any atom is 0.134 e. The summed E-state index contributed by atoms with van der Waals surface area (Å²) in [7, 11) is 1.90. The lowest BCUT2D eigenvalue weighted by atomic mass is 10.1. The quantitative estimate of drug-likeness (QED) is 0.807. The van der Waals surface area contributed by atoms with Crippen molar-refractivity contribution in [1.82, 2.24) is 14.8 Å². The van der Waals surface area contributed by atoms with Gasteiger partial charge in [-0.3, -0.25) is 4.68 Å². The molecule has 0 saturated carbocycles. The van der Waals surface area contributed by atoms with Gasteiger partial charge in [-0.1, -0.05) is 6.07 Å². The molecule has 0 spiro atoms. The third-order valence-electron chi connectivity index (χ3n) is 4.29. The van der Waals surface area contributed by atoms with Crippen LogP contribution in [0.3, 0.4) is 0 Å². The second-order valence-electron chi connectivity index (χ2n) is 5.74. The number of pyridine rings is 1. The fourth-order valence-corrected chi connectivity index (χ4v) is 3.12. The molecule has 0 amide bonds. The largest absolute Gasteiger partial charge is 0.370 e. The van der Waals surface area contributed by atoms with Crippen molar-refractivity contribution in [3.05, 3.63) is 54.2 Å². The maximum atomic E-state index is 13.6. The van der Waals surface area contributed by atoms with E-state index in [1.54, 1.807) is 18.5 Å². The van der Waals surface area contributed by atoms with Gasteiger partial charge in [-0.05, 0) is 36.1 Å². The summed E-state index contributed by atoms with van der Waals surface area (Å²) in [6.07, 6.45) is 4.27. The minimum absolute atomic E-state index is 0.0757. The molecule has 2 atom stereocenters. The van der Waals surface area contributed by atoms with E-state index in [9.17, 15) is 4.39 Å². The molecule has 1 aromatic carbocycles. The number of nitrogens with zero attached hydrogens (tertiary/aromatic N) is 3. The first kappa shape index (κ1) is 14.1. The number of aromatic nitrogens is 3. The number of ether oxygens (including phenoxy) is 1. The molecule has 23 heavy (non-hydrogen) atoms. The Bertz CT molecular complexity index is 847. The zero-order valence-electron chi connectivity index (χ0n) is 12.7. The first-order valence-electron chi connectivity index (χ1n) is 7.63. The van der Waals surface area contributed by atoms with Crippen LogP contribution in [0.5, 0.6) is 0 Å². The van der Waals surface area contributed by atoms with Crippen LogP contribution in [0.15, 0.2) is 42.7 Å². The number of halogens is 1. The molecule has 1 fully saturated rings. The highest BCUT2D eigenvalue weighted by Crippen LogP contribution is 2.32. The van der Waals surface area contributed by atoms with Gasteiger partial charge in [0, 0.05) is 31.4 Å². The van der Waals surface area contributed by atoms with Crippen molar-refractivity contribution in [2.24, 2.45) is 7.05 Å². The van der Waals surface area contributed by atoms with E-state index in [0.717, 1.165) is 22.9 Å². The van der Waals surface area contributed by atoms with Crippen LogP contribution in [0.4, 0.5) is 10.2 Å². The molecule has 1 aliphatic rings. The monoisotopic (exact) mass is 312 g/mol. The van der Waals surface area contributed by atoms with Crippen molar-refractivity contribution in [2.45, 2.75) is 18.6 Å². The SMILES string of the molecule is Cn1nccc1[C@H]1OCC[C@@H]1Nc1nccc2ccc(F)cc12. The smallest absolute Gasteiger partial charge is 0.134 e. The van der Waals surface area contributed by atoms with Gasteiger partial charge < -0.3 is 10.1 Å². The standard InChI is InChI=1S/C17H17FN4O/c1-22-15(5-8-20-22)16-14(6-9-23-16)21-17-13-10-12(18)3-2-11(13)4-7-19-17/h2-5,7-8,10,14,16H,6,9H2,1H3,(H,19,21)/t14-,16-/m0/s1. The molecule has 6 heteroatoms. The molecule has 118 valence electrons. The van der Waals surface area contributed by atoms with Crippen LogP contribution in [0.2, 0.25) is 0 Å². The number of aryl methyl sites for hydroxylation is 1. The second kappa shape index (κ2) is 5.62. The Balaban J connectivity index is 1.67. The number of hydrogen-bond donors (Lipinski definition) is 1. The minimum atomic E-state index is -0.264. The van der Waals surface area contributed by atoms with E-state index in [-0.39, 0.29) is 18.0 Å². The van der Waals surface area contributed by atoms with Crippen LogP contribution in [0, 0.1) is 5.82 Å². The molecule has 0 unspecified atom stereocenters. The molecule has 1 N–H and O–H groups in total. The van der Waals surface area contributed by atoms with Gasteiger partial charge in [-0.2, -0.15) is 5.10 Å². The first-order chi connectivity index (χ1) is 11.2. The summed E-state index contributed by atoms with van der Waals surface area (Å²) in [5, 5.41) is 9.38. The maximum absolute atomic E-state index is 13.6. The van der Waals surface area contributed by atoms with Gasteiger partial charge in [-0.15, -0.1) is 0 Å². The predicted octanol–water partition coefficient (Wildman–Crippen LogP) is 3.05. The third kappa shape index (κ3) is 2.55. The van der Waals surface area contributed by atoms with Crippen molar-refractivity contribution < 1.29 is 9.13 Å². The van der Waals surface area contributed by atoms with Crippen LogP contribution in [-0.2, 0) is 11.8 Å². The molecule has 2 aromatic heterocycles. The average Bonchev–Trinajstić information content (AvgIpc) is 3.16. The summed E-state index contributed by atoms with van der Waals surface area (Å²) in [6.45, 7) is 0.673. The van der Waals surface area contributed by atoms with E-state index < -0.39 is 0 Å². The lowest BCUT2D eigenvalue weighted by molar-refractivity contribution is 0.101. The number of fused-ring (bicyclic) bond motifs is 1. The Morgan fingerprint density at radius 2 is 2.17 bits per heavy atom. The van der Waals surface area contributed by atoms with Crippen molar-refractivity contribution >= 4 is 16.6 Å². The molecular formula is C17H17FN4O. The zero-order valence-corrected chi connectivity index (χ0v) is 12.7. The highest BCUT2D eigenvalue weighted by atomic mass is 19.1. The third-order valence-corrected chi connectivity index (χ3v) is 4.29. The first-order valence-corrected chi connectivity index (χ1v) is 7.63. The molecule has 1 saturated heterocycles. The Labute approximate surface area is 133 Å². The van der Waals surface area contributed by atoms with Gasteiger partial charge in [0.15, 0.2) is 0 Å². The summed E-state index contributed by atoms with van der Waals surface area (Å²) < 4.78 is 21.3. The van der Waals surface area contributed by atoms with Gasteiger partial charge in [0.25, 0.3) is 0 Å². The summed E-state index contributed by atoms with van der Waals surface area (Å²) in [5.74, 6) is 0.420. The molecule has 3 aromatic rings. The molecule has 0 radical (unpaired) electrons. The van der Waals surface area contributed by atoms with E-state index in [1.165, 1.54) is 12.1 Å². The Hall–Kier alpha value is -2.47. The predicted molar refractivity (Wildman–Crippen MR) is 85.6 cm³/mol. The highest BCUT2D eigenvalue weighted by molar-refractivity contribution is 5.91. The van der Waals surface area contributed by atoms with Crippen molar-refractivity contribution in [1.29, 1.82) is 0 Å². The average molecular weight is 312 g/mol. The highest BCUT2D eigenvalue weighted by Gasteiger charge is 2.32. The minimum Gasteiger partial charge on any atom is -0.370 e. The molecule has 4 rings (SSSR count). The van der Waals surface area contributed by atoms with Gasteiger partial charge in [0.05, 0.1) is 11.7 Å². The van der Waals surface area contributed by atoms with Crippen LogP contribution < -0.4 is 5.32 Å². The fraction of sp³-hybridized carbons (Fsp3) is 0.294. The van der Waals surface area contributed by atoms with Gasteiger partial charge in [0.2, 0.25) is 0 Å². The van der Waals surface area contributed by atoms with Crippen molar-refractivity contribution in [3.63, 3.8) is 0 Å². The zero-order chi connectivity index (χ0) is 15.8. The molecule has 0 aliphatic carbocycles. The van der Waals surface area contributed by atoms with Gasteiger partial charge >= 0.3 is 0 Å². The molecule has 3 heterocycles. The van der Waals surface area contributed by atoms with E-state index in [2.05, 4.69) is 15.4 Å².